The molecule has 0 radical (unpaired) electrons. The summed E-state index contributed by atoms with van der Waals surface area (Å²) in [6.45, 7) is 0. The highest BCUT2D eigenvalue weighted by atomic mass is 32.1. The molecule has 0 aromatic heterocycles. The summed E-state index contributed by atoms with van der Waals surface area (Å²) >= 11 is 13.3. The first-order valence-corrected chi connectivity index (χ1v) is 6.90. The third kappa shape index (κ3) is 5.79. The second kappa shape index (κ2) is 7.53. The van der Waals surface area contributed by atoms with Gasteiger partial charge >= 0.3 is 0 Å². The third-order valence-corrected chi connectivity index (χ3v) is 3.44. The Morgan fingerprint density at radius 2 is 1.67 bits per heavy atom. The van der Waals surface area contributed by atoms with E-state index in [-0.39, 0.29) is 0 Å². The van der Waals surface area contributed by atoms with Crippen molar-refractivity contribution in [2.75, 3.05) is 5.75 Å². The maximum atomic E-state index is 4.60. The van der Waals surface area contributed by atoms with E-state index in [0.717, 1.165) is 25.0 Å². The minimum Gasteiger partial charge on any atom is -0.179 e. The summed E-state index contributed by atoms with van der Waals surface area (Å²) in [5, 5.41) is 0.823. The van der Waals surface area contributed by atoms with Crippen molar-refractivity contribution in [3.63, 3.8) is 0 Å². The van der Waals surface area contributed by atoms with Crippen molar-refractivity contribution >= 4 is 37.9 Å². The predicted octanol–water partition coefficient (Wildman–Crippen LogP) is 3.54. The molecule has 2 atom stereocenters. The SMILES string of the molecule is SCCC(S)CC(S)Cc1ccccc1. The molecular formula is C12H18S3. The van der Waals surface area contributed by atoms with Gasteiger partial charge in [-0.15, -0.1) is 0 Å². The summed E-state index contributed by atoms with van der Waals surface area (Å²) in [5.74, 6) is 0.903. The monoisotopic (exact) mass is 258 g/mol. The van der Waals surface area contributed by atoms with E-state index in [9.17, 15) is 0 Å². The molecule has 0 fully saturated rings. The van der Waals surface area contributed by atoms with Gasteiger partial charge in [0.1, 0.15) is 0 Å². The minimum atomic E-state index is 0.398. The molecule has 2 unspecified atom stereocenters. The van der Waals surface area contributed by atoms with E-state index in [0.29, 0.717) is 10.5 Å². The van der Waals surface area contributed by atoms with Crippen LogP contribution in [-0.4, -0.2) is 16.3 Å². The number of hydrogen-bond donors (Lipinski definition) is 3. The van der Waals surface area contributed by atoms with Gasteiger partial charge in [-0.1, -0.05) is 30.3 Å². The largest absolute Gasteiger partial charge is 0.179 e. The van der Waals surface area contributed by atoms with Crippen LogP contribution in [0.4, 0.5) is 0 Å². The van der Waals surface area contributed by atoms with E-state index < -0.39 is 0 Å². The van der Waals surface area contributed by atoms with Gasteiger partial charge in [0.15, 0.2) is 0 Å². The Kier molecular flexibility index (Phi) is 6.69. The molecule has 0 heterocycles. The first-order chi connectivity index (χ1) is 7.22. The van der Waals surface area contributed by atoms with Crippen molar-refractivity contribution in [3.05, 3.63) is 35.9 Å². The van der Waals surface area contributed by atoms with Crippen molar-refractivity contribution in [1.82, 2.24) is 0 Å². The molecule has 0 N–H and O–H groups in total. The molecule has 0 saturated heterocycles. The molecule has 3 heteroatoms. The van der Waals surface area contributed by atoms with Crippen LogP contribution < -0.4 is 0 Å². The zero-order valence-electron chi connectivity index (χ0n) is 8.71. The Morgan fingerprint density at radius 3 is 2.27 bits per heavy atom. The average molecular weight is 258 g/mol. The molecule has 84 valence electrons. The highest BCUT2D eigenvalue weighted by Gasteiger charge is 2.10. The summed E-state index contributed by atoms with van der Waals surface area (Å²) in [6.07, 6.45) is 3.12. The lowest BCUT2D eigenvalue weighted by Crippen LogP contribution is -2.12. The van der Waals surface area contributed by atoms with Crippen molar-refractivity contribution in [2.45, 2.75) is 29.8 Å². The van der Waals surface area contributed by atoms with Crippen LogP contribution in [-0.2, 0) is 6.42 Å². The van der Waals surface area contributed by atoms with Gasteiger partial charge in [-0.2, -0.15) is 37.9 Å². The van der Waals surface area contributed by atoms with Gasteiger partial charge < -0.3 is 0 Å². The van der Waals surface area contributed by atoms with E-state index >= 15 is 0 Å². The highest BCUT2D eigenvalue weighted by Crippen LogP contribution is 2.17. The Balaban J connectivity index is 2.33. The molecule has 15 heavy (non-hydrogen) atoms. The van der Waals surface area contributed by atoms with Crippen LogP contribution in [0.2, 0.25) is 0 Å². The topological polar surface area (TPSA) is 0 Å². The van der Waals surface area contributed by atoms with Gasteiger partial charge in [-0.25, -0.2) is 0 Å². The molecule has 0 nitrogen and oxygen atoms in total. The third-order valence-electron chi connectivity index (χ3n) is 2.32. The first-order valence-electron chi connectivity index (χ1n) is 5.23. The Labute approximate surface area is 109 Å². The molecule has 0 spiro atoms. The van der Waals surface area contributed by atoms with Gasteiger partial charge in [-0.05, 0) is 30.6 Å². The molecule has 0 aliphatic carbocycles. The van der Waals surface area contributed by atoms with Crippen LogP contribution in [0.25, 0.3) is 0 Å². The number of benzene rings is 1. The van der Waals surface area contributed by atoms with Crippen molar-refractivity contribution in [3.8, 4) is 0 Å². The molecular weight excluding hydrogens is 240 g/mol. The fourth-order valence-corrected chi connectivity index (χ4v) is 3.08. The average Bonchev–Trinajstić information content (AvgIpc) is 2.19. The normalized spacial score (nSPS) is 14.9. The zero-order valence-corrected chi connectivity index (χ0v) is 11.4. The van der Waals surface area contributed by atoms with Crippen LogP contribution in [0.5, 0.6) is 0 Å². The minimum absolute atomic E-state index is 0.398. The van der Waals surface area contributed by atoms with Crippen molar-refractivity contribution in [2.24, 2.45) is 0 Å². The Bertz CT molecular complexity index is 261. The fraction of sp³-hybridized carbons (Fsp3) is 0.500. The second-order valence-corrected chi connectivity index (χ2v) is 5.65. The van der Waals surface area contributed by atoms with Crippen LogP contribution in [0.3, 0.4) is 0 Å². The number of hydrogen-bond acceptors (Lipinski definition) is 3. The Hall–Kier alpha value is 0.270. The molecule has 0 aliphatic heterocycles. The molecule has 0 saturated carbocycles. The van der Waals surface area contributed by atoms with Crippen molar-refractivity contribution < 1.29 is 0 Å². The summed E-state index contributed by atoms with van der Waals surface area (Å²) in [7, 11) is 0. The van der Waals surface area contributed by atoms with E-state index in [1.807, 2.05) is 6.07 Å². The van der Waals surface area contributed by atoms with Gasteiger partial charge in [0, 0.05) is 10.5 Å². The highest BCUT2D eigenvalue weighted by molar-refractivity contribution is 7.82. The van der Waals surface area contributed by atoms with E-state index in [2.05, 4.69) is 62.2 Å². The van der Waals surface area contributed by atoms with E-state index in [4.69, 9.17) is 0 Å². The quantitative estimate of drug-likeness (QED) is 0.639. The lowest BCUT2D eigenvalue weighted by atomic mass is 10.1. The summed E-state index contributed by atoms with van der Waals surface area (Å²) in [4.78, 5) is 0. The summed E-state index contributed by atoms with van der Waals surface area (Å²) in [6, 6.07) is 10.5. The standard InChI is InChI=1S/C12H18S3/c13-7-6-11(14)9-12(15)8-10-4-2-1-3-5-10/h1-5,11-15H,6-9H2. The lowest BCUT2D eigenvalue weighted by Gasteiger charge is -2.15. The first kappa shape index (κ1) is 13.3. The molecule has 0 bridgehead atoms. The predicted molar refractivity (Wildman–Crippen MR) is 78.8 cm³/mol. The molecule has 1 rings (SSSR count). The molecule has 1 aromatic rings. The molecule has 1 aromatic carbocycles. The van der Waals surface area contributed by atoms with Gasteiger partial charge in [0.25, 0.3) is 0 Å². The summed E-state index contributed by atoms with van der Waals surface area (Å²) < 4.78 is 0. The molecule has 0 amide bonds. The maximum Gasteiger partial charge on any atom is 0.00676 e. The summed E-state index contributed by atoms with van der Waals surface area (Å²) in [5.41, 5.74) is 1.35. The van der Waals surface area contributed by atoms with Crippen LogP contribution in [0, 0.1) is 0 Å². The van der Waals surface area contributed by atoms with E-state index in [1.54, 1.807) is 0 Å². The second-order valence-electron chi connectivity index (χ2n) is 3.75. The maximum absolute atomic E-state index is 4.60. The Morgan fingerprint density at radius 1 is 1.00 bits per heavy atom. The van der Waals surface area contributed by atoms with Gasteiger partial charge in [-0.3, -0.25) is 0 Å². The number of thiol groups is 3. The lowest BCUT2D eigenvalue weighted by molar-refractivity contribution is 0.706. The molecule has 0 aliphatic rings. The van der Waals surface area contributed by atoms with Crippen molar-refractivity contribution in [1.29, 1.82) is 0 Å². The van der Waals surface area contributed by atoms with Crippen LogP contribution >= 0.6 is 37.9 Å². The van der Waals surface area contributed by atoms with E-state index in [1.165, 1.54) is 5.56 Å². The van der Waals surface area contributed by atoms with Gasteiger partial charge in [0.05, 0.1) is 0 Å². The fourth-order valence-electron chi connectivity index (χ4n) is 1.55. The number of rotatable bonds is 6. The van der Waals surface area contributed by atoms with Crippen LogP contribution in [0.1, 0.15) is 18.4 Å². The zero-order chi connectivity index (χ0) is 11.1. The smallest absolute Gasteiger partial charge is 0.00676 e. The van der Waals surface area contributed by atoms with Gasteiger partial charge in [0.2, 0.25) is 0 Å². The van der Waals surface area contributed by atoms with Crippen LogP contribution in [0.15, 0.2) is 30.3 Å².